The molecule has 12 heavy (non-hydrogen) atoms. The summed E-state index contributed by atoms with van der Waals surface area (Å²) >= 11 is 16.3. The third-order valence-electron chi connectivity index (χ3n) is 2.02. The van der Waals surface area contributed by atoms with Crippen LogP contribution in [0.15, 0.2) is 0 Å². The summed E-state index contributed by atoms with van der Waals surface area (Å²) in [6.07, 6.45) is 0.364. The number of rotatable bonds is 0. The maximum Gasteiger partial charge on any atom is 0.274 e. The Labute approximate surface area is 84.5 Å². The number of hydrogen-bond acceptors (Lipinski definition) is 2. The Morgan fingerprint density at radius 2 is 1.83 bits per heavy atom. The van der Waals surface area contributed by atoms with E-state index in [0.29, 0.717) is 13.1 Å². The second kappa shape index (κ2) is 2.64. The molecule has 6 heteroatoms. The minimum atomic E-state index is -1.82. The Morgan fingerprint density at radius 3 is 2.25 bits per heavy atom. The van der Waals surface area contributed by atoms with Gasteiger partial charge in [0, 0.05) is 13.1 Å². The maximum atomic E-state index is 11.3. The Morgan fingerprint density at radius 1 is 1.33 bits per heavy atom. The topological polar surface area (TPSA) is 32.8 Å². The van der Waals surface area contributed by atoms with E-state index in [1.807, 2.05) is 0 Å². The van der Waals surface area contributed by atoms with Gasteiger partial charge in [-0.2, -0.15) is 0 Å². The quantitative estimate of drug-likeness (QED) is 0.459. The molecule has 3 nitrogen and oxygen atoms in total. The van der Waals surface area contributed by atoms with Crippen molar-refractivity contribution in [2.45, 2.75) is 16.0 Å². The predicted octanol–water partition coefficient (Wildman–Crippen LogP) is 0.966. The smallest absolute Gasteiger partial charge is 0.274 e. The van der Waals surface area contributed by atoms with Gasteiger partial charge < -0.3 is 9.64 Å². The van der Waals surface area contributed by atoms with Crippen molar-refractivity contribution in [2.75, 3.05) is 13.1 Å². The first-order valence-corrected chi connectivity index (χ1v) is 4.63. The van der Waals surface area contributed by atoms with E-state index in [1.54, 1.807) is 0 Å². The summed E-state index contributed by atoms with van der Waals surface area (Å²) in [5.74, 6) is -0.455. The second-order valence-electron chi connectivity index (χ2n) is 2.92. The zero-order valence-corrected chi connectivity index (χ0v) is 8.23. The summed E-state index contributed by atoms with van der Waals surface area (Å²) in [6.45, 7) is 1.11. The number of epoxide rings is 1. The number of carbonyl (C=O) groups excluding carboxylic acids is 1. The van der Waals surface area contributed by atoms with Crippen LogP contribution in [0.2, 0.25) is 0 Å². The van der Waals surface area contributed by atoms with Crippen LogP contribution in [0.1, 0.15) is 0 Å². The number of hydrogen-bond donors (Lipinski definition) is 0. The van der Waals surface area contributed by atoms with Crippen LogP contribution in [0.25, 0.3) is 0 Å². The van der Waals surface area contributed by atoms with E-state index < -0.39 is 9.70 Å². The minimum absolute atomic E-state index is 0.182. The standard InChI is InChI=1S/C6H6Cl3NO2/c7-6(8,9)5(11)10-1-3-4(2-10)12-3/h3-4H,1-2H2. The summed E-state index contributed by atoms with van der Waals surface area (Å²) in [6, 6.07) is 0. The highest BCUT2D eigenvalue weighted by atomic mass is 35.6. The fourth-order valence-electron chi connectivity index (χ4n) is 1.35. The molecular formula is C6H6Cl3NO2. The lowest BCUT2D eigenvalue weighted by Gasteiger charge is -2.21. The van der Waals surface area contributed by atoms with Crippen LogP contribution in [0.4, 0.5) is 0 Å². The van der Waals surface area contributed by atoms with Gasteiger partial charge in [-0.15, -0.1) is 0 Å². The Hall–Kier alpha value is 0.300. The molecule has 0 aromatic heterocycles. The van der Waals surface area contributed by atoms with Crippen LogP contribution in [-0.4, -0.2) is 39.9 Å². The molecule has 2 atom stereocenters. The van der Waals surface area contributed by atoms with Gasteiger partial charge in [0.15, 0.2) is 0 Å². The normalized spacial score (nSPS) is 33.4. The summed E-state index contributed by atoms with van der Waals surface area (Å²) in [4.78, 5) is 12.8. The van der Waals surface area contributed by atoms with Gasteiger partial charge in [-0.1, -0.05) is 34.8 Å². The first kappa shape index (κ1) is 8.88. The number of carbonyl (C=O) groups is 1. The highest BCUT2D eigenvalue weighted by Crippen LogP contribution is 2.35. The summed E-state index contributed by atoms with van der Waals surface area (Å²) in [5.41, 5.74) is 0. The largest absolute Gasteiger partial charge is 0.366 e. The van der Waals surface area contributed by atoms with Crippen molar-refractivity contribution in [1.29, 1.82) is 0 Å². The van der Waals surface area contributed by atoms with Gasteiger partial charge in [0.25, 0.3) is 9.70 Å². The Balaban J connectivity index is 1.97. The van der Waals surface area contributed by atoms with Crippen molar-refractivity contribution in [1.82, 2.24) is 4.90 Å². The molecule has 0 saturated carbocycles. The van der Waals surface area contributed by atoms with Crippen molar-refractivity contribution in [3.8, 4) is 0 Å². The maximum absolute atomic E-state index is 11.3. The Bertz CT molecular complexity index is 217. The molecule has 68 valence electrons. The number of morpholine rings is 1. The molecule has 0 spiro atoms. The van der Waals surface area contributed by atoms with E-state index in [2.05, 4.69) is 0 Å². The number of halogens is 3. The molecule has 2 heterocycles. The van der Waals surface area contributed by atoms with Crippen LogP contribution >= 0.6 is 34.8 Å². The van der Waals surface area contributed by atoms with Crippen LogP contribution in [0, 0.1) is 0 Å². The molecule has 0 N–H and O–H groups in total. The minimum Gasteiger partial charge on any atom is -0.366 e. The number of amides is 1. The van der Waals surface area contributed by atoms with E-state index in [1.165, 1.54) is 4.90 Å². The monoisotopic (exact) mass is 229 g/mol. The second-order valence-corrected chi connectivity index (χ2v) is 5.20. The average molecular weight is 230 g/mol. The van der Waals surface area contributed by atoms with Crippen LogP contribution in [-0.2, 0) is 9.53 Å². The van der Waals surface area contributed by atoms with Crippen LogP contribution < -0.4 is 0 Å². The van der Waals surface area contributed by atoms with Gasteiger partial charge in [-0.3, -0.25) is 4.79 Å². The fraction of sp³-hybridized carbons (Fsp3) is 0.833. The molecule has 0 aromatic carbocycles. The van der Waals surface area contributed by atoms with E-state index in [-0.39, 0.29) is 12.2 Å². The van der Waals surface area contributed by atoms with E-state index >= 15 is 0 Å². The third-order valence-corrected chi connectivity index (χ3v) is 2.50. The lowest BCUT2D eigenvalue weighted by atomic mass is 10.4. The molecule has 0 radical (unpaired) electrons. The fourth-order valence-corrected chi connectivity index (χ4v) is 1.71. The molecule has 2 rings (SSSR count). The highest BCUT2D eigenvalue weighted by Gasteiger charge is 2.51. The first-order chi connectivity index (χ1) is 5.48. The van der Waals surface area contributed by atoms with Gasteiger partial charge in [0.1, 0.15) is 12.2 Å². The lowest BCUT2D eigenvalue weighted by Crippen LogP contribution is -2.39. The van der Waals surface area contributed by atoms with E-state index in [9.17, 15) is 4.79 Å². The molecule has 0 aliphatic carbocycles. The molecule has 2 saturated heterocycles. The van der Waals surface area contributed by atoms with Crippen molar-refractivity contribution in [2.24, 2.45) is 0 Å². The van der Waals surface area contributed by atoms with Crippen molar-refractivity contribution >= 4 is 40.7 Å². The molecule has 2 aliphatic rings. The predicted molar refractivity (Wildman–Crippen MR) is 45.5 cm³/mol. The molecule has 0 bridgehead atoms. The SMILES string of the molecule is O=C(N1CC2OC2C1)C(Cl)(Cl)Cl. The summed E-state index contributed by atoms with van der Waals surface area (Å²) in [5, 5.41) is 0. The summed E-state index contributed by atoms with van der Waals surface area (Å²) in [7, 11) is 0. The number of alkyl halides is 3. The molecule has 1 amide bonds. The number of nitrogens with zero attached hydrogens (tertiary/aromatic N) is 1. The number of ether oxygens (including phenoxy) is 1. The zero-order chi connectivity index (χ0) is 8.93. The molecule has 0 aromatic rings. The highest BCUT2D eigenvalue weighted by molar-refractivity contribution is 6.76. The number of fused-ring (bicyclic) bond motifs is 1. The number of likely N-dealkylation sites (tertiary alicyclic amines) is 1. The van der Waals surface area contributed by atoms with Gasteiger partial charge >= 0.3 is 0 Å². The molecular weight excluding hydrogens is 224 g/mol. The molecule has 2 unspecified atom stereocenters. The van der Waals surface area contributed by atoms with Crippen molar-refractivity contribution < 1.29 is 9.53 Å². The van der Waals surface area contributed by atoms with Gasteiger partial charge in [0.05, 0.1) is 0 Å². The third kappa shape index (κ3) is 1.51. The van der Waals surface area contributed by atoms with Crippen LogP contribution in [0.3, 0.4) is 0 Å². The van der Waals surface area contributed by atoms with Crippen molar-refractivity contribution in [3.05, 3.63) is 0 Å². The van der Waals surface area contributed by atoms with E-state index in [4.69, 9.17) is 39.5 Å². The van der Waals surface area contributed by atoms with Gasteiger partial charge in [0.2, 0.25) is 0 Å². The Kier molecular flexibility index (Phi) is 1.96. The average Bonchev–Trinajstić information content (AvgIpc) is 2.56. The summed E-state index contributed by atoms with van der Waals surface area (Å²) < 4.78 is 3.30. The van der Waals surface area contributed by atoms with Gasteiger partial charge in [-0.05, 0) is 0 Å². The van der Waals surface area contributed by atoms with Gasteiger partial charge in [-0.25, -0.2) is 0 Å². The lowest BCUT2D eigenvalue weighted by molar-refractivity contribution is -0.130. The van der Waals surface area contributed by atoms with E-state index in [0.717, 1.165) is 0 Å². The molecule has 2 fully saturated rings. The van der Waals surface area contributed by atoms with Crippen LogP contribution in [0.5, 0.6) is 0 Å². The first-order valence-electron chi connectivity index (χ1n) is 3.50. The zero-order valence-electron chi connectivity index (χ0n) is 5.97. The van der Waals surface area contributed by atoms with Crippen molar-refractivity contribution in [3.63, 3.8) is 0 Å². The molecule has 2 aliphatic heterocycles.